The molecule has 2 saturated heterocycles. The van der Waals surface area contributed by atoms with Crippen LogP contribution in [0.2, 0.25) is 5.02 Å². The second-order valence-electron chi connectivity index (χ2n) is 6.67. The molecule has 0 saturated carbocycles. The van der Waals surface area contributed by atoms with E-state index in [-0.39, 0.29) is 5.91 Å². The molecule has 2 aliphatic heterocycles. The van der Waals surface area contributed by atoms with Gasteiger partial charge >= 0.3 is 0 Å². The van der Waals surface area contributed by atoms with Crippen molar-refractivity contribution in [2.75, 3.05) is 57.8 Å². The number of likely N-dealkylation sites (tertiary alicyclic amines) is 1. The summed E-state index contributed by atoms with van der Waals surface area (Å²) in [5.74, 6) is 0.222. The average Bonchev–Trinajstić information content (AvgIpc) is 2.62. The summed E-state index contributed by atoms with van der Waals surface area (Å²) in [5.41, 5.74) is 1.21. The van der Waals surface area contributed by atoms with Crippen LogP contribution >= 0.6 is 11.6 Å². The predicted molar refractivity (Wildman–Crippen MR) is 98.8 cm³/mol. The molecule has 132 valence electrons. The normalized spacial score (nSPS) is 22.7. The summed E-state index contributed by atoms with van der Waals surface area (Å²) in [6.07, 6.45) is 2.30. The first-order chi connectivity index (χ1) is 11.7. The van der Waals surface area contributed by atoms with Gasteiger partial charge in [0.2, 0.25) is 5.91 Å². The van der Waals surface area contributed by atoms with E-state index >= 15 is 0 Å². The number of anilines is 1. The van der Waals surface area contributed by atoms with Crippen LogP contribution in [0.25, 0.3) is 0 Å². The summed E-state index contributed by atoms with van der Waals surface area (Å²) in [6, 6.07) is 8.59. The molecule has 0 aliphatic carbocycles. The average molecular weight is 351 g/mol. The molecule has 1 aromatic carbocycles. The maximum atomic E-state index is 12.1. The van der Waals surface area contributed by atoms with Gasteiger partial charge in [-0.15, -0.1) is 0 Å². The second kappa shape index (κ2) is 8.19. The number of carbonyl (C=O) groups is 1. The van der Waals surface area contributed by atoms with Crippen LogP contribution in [-0.4, -0.2) is 74.6 Å². The number of carbonyl (C=O) groups excluding carboxylic acids is 1. The van der Waals surface area contributed by atoms with Gasteiger partial charge in [-0.05, 0) is 38.1 Å². The Labute approximate surface area is 149 Å². The summed E-state index contributed by atoms with van der Waals surface area (Å²) in [5, 5.41) is 3.76. The van der Waals surface area contributed by atoms with Crippen molar-refractivity contribution in [3.63, 3.8) is 0 Å². The topological polar surface area (TPSA) is 38.8 Å². The Morgan fingerprint density at radius 2 is 2.04 bits per heavy atom. The summed E-state index contributed by atoms with van der Waals surface area (Å²) >= 11 is 6.11. The molecule has 24 heavy (non-hydrogen) atoms. The molecule has 3 rings (SSSR count). The van der Waals surface area contributed by atoms with E-state index in [4.69, 9.17) is 11.6 Å². The quantitative estimate of drug-likeness (QED) is 0.896. The Morgan fingerprint density at radius 3 is 2.75 bits per heavy atom. The number of amides is 1. The molecule has 1 unspecified atom stereocenters. The first-order valence-electron chi connectivity index (χ1n) is 8.84. The van der Waals surface area contributed by atoms with E-state index in [9.17, 15) is 4.79 Å². The van der Waals surface area contributed by atoms with Crippen molar-refractivity contribution in [2.45, 2.75) is 18.9 Å². The minimum absolute atomic E-state index is 0.222. The summed E-state index contributed by atoms with van der Waals surface area (Å²) in [7, 11) is 1.83. The summed E-state index contributed by atoms with van der Waals surface area (Å²) in [6.45, 7) is 6.34. The molecule has 0 spiro atoms. The van der Waals surface area contributed by atoms with E-state index in [1.807, 2.05) is 30.1 Å². The molecule has 1 amide bonds. The molecular weight excluding hydrogens is 324 g/mol. The molecule has 2 heterocycles. The number of rotatable bonds is 4. The van der Waals surface area contributed by atoms with Crippen LogP contribution in [0.4, 0.5) is 5.69 Å². The van der Waals surface area contributed by atoms with Gasteiger partial charge in [-0.1, -0.05) is 17.7 Å². The molecule has 6 heteroatoms. The highest BCUT2D eigenvalue weighted by molar-refractivity contribution is 6.30. The fourth-order valence-corrected chi connectivity index (χ4v) is 3.94. The van der Waals surface area contributed by atoms with Crippen LogP contribution in [0.3, 0.4) is 0 Å². The van der Waals surface area contributed by atoms with E-state index in [2.05, 4.69) is 21.2 Å². The number of benzene rings is 1. The second-order valence-corrected chi connectivity index (χ2v) is 7.11. The van der Waals surface area contributed by atoms with Crippen molar-refractivity contribution in [3.8, 4) is 0 Å². The molecule has 0 radical (unpaired) electrons. The highest BCUT2D eigenvalue weighted by Gasteiger charge is 2.29. The highest BCUT2D eigenvalue weighted by Crippen LogP contribution is 2.23. The lowest BCUT2D eigenvalue weighted by molar-refractivity contribution is -0.132. The lowest BCUT2D eigenvalue weighted by Gasteiger charge is -2.44. The molecule has 0 bridgehead atoms. The number of piperazine rings is 1. The van der Waals surface area contributed by atoms with Crippen molar-refractivity contribution < 1.29 is 4.79 Å². The van der Waals surface area contributed by atoms with E-state index < -0.39 is 0 Å². The molecule has 1 aromatic rings. The molecule has 1 atom stereocenters. The molecular formula is C18H27ClN4O. The minimum Gasteiger partial charge on any atom is -0.369 e. The fraction of sp³-hybridized carbons (Fsp3) is 0.611. The highest BCUT2D eigenvalue weighted by atomic mass is 35.5. The van der Waals surface area contributed by atoms with E-state index in [1.165, 1.54) is 12.1 Å². The Morgan fingerprint density at radius 1 is 1.25 bits per heavy atom. The number of likely N-dealkylation sites (N-methyl/N-ethyl adjacent to an activating group) is 1. The lowest BCUT2D eigenvalue weighted by atomic mass is 10.0. The Hall–Kier alpha value is -1.30. The van der Waals surface area contributed by atoms with Crippen LogP contribution in [-0.2, 0) is 4.79 Å². The van der Waals surface area contributed by atoms with Crippen LogP contribution in [0, 0.1) is 0 Å². The van der Waals surface area contributed by atoms with Gasteiger partial charge in [0.25, 0.3) is 0 Å². The van der Waals surface area contributed by atoms with Crippen LogP contribution in [0.1, 0.15) is 12.8 Å². The zero-order valence-corrected chi connectivity index (χ0v) is 15.1. The maximum Gasteiger partial charge on any atom is 0.236 e. The van der Waals surface area contributed by atoms with Gasteiger partial charge in [0, 0.05) is 56.0 Å². The van der Waals surface area contributed by atoms with Crippen molar-refractivity contribution in [1.82, 2.24) is 15.1 Å². The van der Waals surface area contributed by atoms with Gasteiger partial charge in [0.05, 0.1) is 6.54 Å². The molecule has 2 fully saturated rings. The zero-order valence-electron chi connectivity index (χ0n) is 14.4. The van der Waals surface area contributed by atoms with Crippen LogP contribution < -0.4 is 10.2 Å². The zero-order chi connectivity index (χ0) is 16.9. The van der Waals surface area contributed by atoms with Gasteiger partial charge in [0.15, 0.2) is 0 Å². The van der Waals surface area contributed by atoms with Gasteiger partial charge in [-0.25, -0.2) is 0 Å². The van der Waals surface area contributed by atoms with Gasteiger partial charge in [0.1, 0.15) is 0 Å². The third-order valence-electron chi connectivity index (χ3n) is 5.08. The largest absolute Gasteiger partial charge is 0.369 e. The van der Waals surface area contributed by atoms with Crippen molar-refractivity contribution >= 4 is 23.2 Å². The number of halogens is 1. The number of nitrogens with one attached hydrogen (secondary N) is 1. The number of nitrogens with zero attached hydrogens (tertiary/aromatic N) is 3. The molecule has 0 aromatic heterocycles. The number of hydrogen-bond donors (Lipinski definition) is 1. The first kappa shape index (κ1) is 17.5. The third kappa shape index (κ3) is 4.21. The number of piperidine rings is 1. The lowest BCUT2D eigenvalue weighted by Crippen LogP contribution is -2.56. The van der Waals surface area contributed by atoms with Crippen LogP contribution in [0.15, 0.2) is 24.3 Å². The first-order valence-corrected chi connectivity index (χ1v) is 9.22. The minimum atomic E-state index is 0.222. The van der Waals surface area contributed by atoms with Gasteiger partial charge < -0.3 is 15.1 Å². The molecule has 1 N–H and O–H groups in total. The standard InChI is InChI=1S/C18H27ClN4O/c1-20-13-18(24)23-7-3-6-17(14-23)22-10-8-21(9-11-22)16-5-2-4-15(19)12-16/h2,4-5,12,17,20H,3,6-11,13-14H2,1H3. The smallest absolute Gasteiger partial charge is 0.236 e. The fourth-order valence-electron chi connectivity index (χ4n) is 3.76. The Bertz CT molecular complexity index is 560. The van der Waals surface area contributed by atoms with Gasteiger partial charge in [-0.2, -0.15) is 0 Å². The maximum absolute atomic E-state index is 12.1. The third-order valence-corrected chi connectivity index (χ3v) is 5.32. The van der Waals surface area contributed by atoms with E-state index in [1.54, 1.807) is 0 Å². The predicted octanol–water partition coefficient (Wildman–Crippen LogP) is 1.67. The summed E-state index contributed by atoms with van der Waals surface area (Å²) in [4.78, 5) is 19.1. The van der Waals surface area contributed by atoms with E-state index in [0.29, 0.717) is 12.6 Å². The molecule has 5 nitrogen and oxygen atoms in total. The Balaban J connectivity index is 1.53. The van der Waals surface area contributed by atoms with Crippen molar-refractivity contribution in [1.29, 1.82) is 0 Å². The van der Waals surface area contributed by atoms with Gasteiger partial charge in [-0.3, -0.25) is 9.69 Å². The number of hydrogen-bond acceptors (Lipinski definition) is 4. The molecule has 2 aliphatic rings. The van der Waals surface area contributed by atoms with Crippen LogP contribution in [0.5, 0.6) is 0 Å². The van der Waals surface area contributed by atoms with Crippen molar-refractivity contribution in [2.24, 2.45) is 0 Å². The Kier molecular flexibility index (Phi) is 5.98. The monoisotopic (exact) mass is 350 g/mol. The summed E-state index contributed by atoms with van der Waals surface area (Å²) < 4.78 is 0. The SMILES string of the molecule is CNCC(=O)N1CCCC(N2CCN(c3cccc(Cl)c3)CC2)C1. The van der Waals surface area contributed by atoms with Crippen molar-refractivity contribution in [3.05, 3.63) is 29.3 Å². The van der Waals surface area contributed by atoms with E-state index in [0.717, 1.165) is 50.7 Å².